The lowest BCUT2D eigenvalue weighted by atomic mass is 9.84. The van der Waals surface area contributed by atoms with Gasteiger partial charge in [-0.05, 0) is 18.9 Å². The lowest BCUT2D eigenvalue weighted by Gasteiger charge is -2.45. The normalized spacial score (nSPS) is 48.3. The summed E-state index contributed by atoms with van der Waals surface area (Å²) in [4.78, 5) is 0. The Labute approximate surface area is 168 Å². The van der Waals surface area contributed by atoms with E-state index in [2.05, 4.69) is 0 Å². The van der Waals surface area contributed by atoms with Crippen molar-refractivity contribution >= 4 is 0 Å². The third kappa shape index (κ3) is 4.73. The first-order valence-electron chi connectivity index (χ1n) is 9.70. The van der Waals surface area contributed by atoms with Gasteiger partial charge in [0.05, 0.1) is 25.3 Å². The number of aliphatic hydroxyl groups is 4. The first-order valence-corrected chi connectivity index (χ1v) is 9.70. The van der Waals surface area contributed by atoms with Crippen LogP contribution in [0.15, 0.2) is 11.8 Å². The number of rotatable bonds is 6. The zero-order chi connectivity index (χ0) is 21.3. The molecule has 0 bridgehead atoms. The highest BCUT2D eigenvalue weighted by molar-refractivity contribution is 5.04. The summed E-state index contributed by atoms with van der Waals surface area (Å²) in [7, 11) is 0. The molecule has 0 spiro atoms. The minimum atomic E-state index is -1.44. The maximum absolute atomic E-state index is 10.6. The van der Waals surface area contributed by atoms with E-state index in [0.29, 0.717) is 12.2 Å². The average Bonchev–Trinajstić information content (AvgIpc) is 2.97. The molecule has 29 heavy (non-hydrogen) atoms. The zero-order valence-electron chi connectivity index (χ0n) is 16.0. The van der Waals surface area contributed by atoms with Gasteiger partial charge in [0.25, 0.3) is 0 Å². The Morgan fingerprint density at radius 2 is 1.62 bits per heavy atom. The Balaban J connectivity index is 1.75. The monoisotopic (exact) mass is 420 g/mol. The number of hydrogen-bond acceptors (Lipinski definition) is 12. The highest BCUT2D eigenvalue weighted by atomic mass is 16.7. The van der Waals surface area contributed by atoms with Crippen molar-refractivity contribution in [1.82, 2.24) is 0 Å². The smallest absolute Gasteiger partial charge is 0.215 e. The lowest BCUT2D eigenvalue weighted by molar-refractivity contribution is -0.272. The second-order valence-electron chi connectivity index (χ2n) is 7.72. The third-order valence-electron chi connectivity index (χ3n) is 5.58. The molecular formula is C17H32N4O8. The van der Waals surface area contributed by atoms with Crippen LogP contribution in [-0.2, 0) is 18.9 Å². The molecular weight excluding hydrogens is 388 g/mol. The van der Waals surface area contributed by atoms with Gasteiger partial charge in [0.2, 0.25) is 6.29 Å². The van der Waals surface area contributed by atoms with Crippen LogP contribution in [0, 0.1) is 0 Å². The molecule has 1 aliphatic carbocycles. The topological polar surface area (TPSA) is 222 Å². The average molecular weight is 420 g/mol. The molecule has 0 radical (unpaired) electrons. The Kier molecular flexibility index (Phi) is 7.46. The fraction of sp³-hybridized carbons (Fsp3) is 0.882. The van der Waals surface area contributed by atoms with Crippen LogP contribution in [0.25, 0.3) is 0 Å². The van der Waals surface area contributed by atoms with E-state index in [-0.39, 0.29) is 13.0 Å². The van der Waals surface area contributed by atoms with Gasteiger partial charge in [-0.1, -0.05) is 0 Å². The largest absolute Gasteiger partial charge is 0.467 e. The van der Waals surface area contributed by atoms with E-state index < -0.39 is 73.9 Å². The van der Waals surface area contributed by atoms with Crippen LogP contribution < -0.4 is 22.9 Å². The fourth-order valence-corrected chi connectivity index (χ4v) is 3.82. The van der Waals surface area contributed by atoms with Crippen molar-refractivity contribution in [2.75, 3.05) is 13.2 Å². The fourth-order valence-electron chi connectivity index (χ4n) is 3.82. The van der Waals surface area contributed by atoms with Crippen molar-refractivity contribution < 1.29 is 39.4 Å². The molecule has 0 aromatic carbocycles. The van der Waals surface area contributed by atoms with E-state index in [4.69, 9.17) is 41.9 Å². The van der Waals surface area contributed by atoms with Gasteiger partial charge >= 0.3 is 0 Å². The van der Waals surface area contributed by atoms with Gasteiger partial charge in [0, 0.05) is 12.1 Å². The van der Waals surface area contributed by atoms with Crippen LogP contribution in [0.5, 0.6) is 0 Å². The second-order valence-corrected chi connectivity index (χ2v) is 7.72. The molecule has 168 valence electrons. The Morgan fingerprint density at radius 1 is 0.931 bits per heavy atom. The van der Waals surface area contributed by atoms with Crippen LogP contribution in [-0.4, -0.2) is 101 Å². The molecule has 3 aliphatic rings. The predicted molar refractivity (Wildman–Crippen MR) is 98.7 cm³/mol. The highest BCUT2D eigenvalue weighted by Crippen LogP contribution is 2.31. The SMILES string of the molecule is NCC1=CC[C@@H](N)[C@@H](O[C@H]2[C@H](O[C@@H]3O[C@H](CO)[C@@H](O)[C@H]3O)[C@@H](O)[C@H](N)C[C@@H]2N)O1. The van der Waals surface area contributed by atoms with E-state index in [1.54, 1.807) is 6.08 Å². The summed E-state index contributed by atoms with van der Waals surface area (Å²) in [5, 5.41) is 40.0. The van der Waals surface area contributed by atoms with Crippen LogP contribution in [0.1, 0.15) is 12.8 Å². The molecule has 1 saturated carbocycles. The van der Waals surface area contributed by atoms with E-state index in [1.165, 1.54) is 0 Å². The summed E-state index contributed by atoms with van der Waals surface area (Å²) in [6.07, 6.45) is -6.64. The molecule has 12 nitrogen and oxygen atoms in total. The molecule has 3 rings (SSSR count). The minimum Gasteiger partial charge on any atom is -0.467 e. The quantitative estimate of drug-likeness (QED) is 0.204. The maximum atomic E-state index is 10.6. The minimum absolute atomic E-state index is 0.180. The summed E-state index contributed by atoms with van der Waals surface area (Å²) < 4.78 is 22.7. The van der Waals surface area contributed by atoms with Gasteiger partial charge in [-0.2, -0.15) is 0 Å². The van der Waals surface area contributed by atoms with Crippen molar-refractivity contribution in [1.29, 1.82) is 0 Å². The van der Waals surface area contributed by atoms with Gasteiger partial charge in [0.15, 0.2) is 6.29 Å². The highest BCUT2D eigenvalue weighted by Gasteiger charge is 2.50. The first-order chi connectivity index (χ1) is 13.8. The second kappa shape index (κ2) is 9.49. The van der Waals surface area contributed by atoms with Gasteiger partial charge in [0.1, 0.15) is 36.3 Å². The van der Waals surface area contributed by atoms with Crippen LogP contribution in [0.4, 0.5) is 0 Å². The van der Waals surface area contributed by atoms with Gasteiger partial charge < -0.3 is 62.3 Å². The molecule has 0 unspecified atom stereocenters. The van der Waals surface area contributed by atoms with Gasteiger partial charge in [-0.3, -0.25) is 0 Å². The molecule has 2 heterocycles. The van der Waals surface area contributed by atoms with Crippen LogP contribution >= 0.6 is 0 Å². The van der Waals surface area contributed by atoms with Crippen LogP contribution in [0.2, 0.25) is 0 Å². The zero-order valence-corrected chi connectivity index (χ0v) is 16.0. The van der Waals surface area contributed by atoms with Gasteiger partial charge in [-0.25, -0.2) is 0 Å². The Bertz CT molecular complexity index is 584. The Hall–Kier alpha value is -0.900. The van der Waals surface area contributed by atoms with E-state index >= 15 is 0 Å². The van der Waals surface area contributed by atoms with Crippen molar-refractivity contribution in [2.24, 2.45) is 22.9 Å². The number of ether oxygens (including phenoxy) is 4. The summed E-state index contributed by atoms with van der Waals surface area (Å²) >= 11 is 0. The third-order valence-corrected chi connectivity index (χ3v) is 5.58. The number of nitrogens with two attached hydrogens (primary N) is 4. The Morgan fingerprint density at radius 3 is 2.24 bits per heavy atom. The number of aliphatic hydroxyl groups excluding tert-OH is 4. The van der Waals surface area contributed by atoms with E-state index in [1.807, 2.05) is 0 Å². The molecule has 11 atom stereocenters. The molecule has 0 amide bonds. The summed E-state index contributed by atoms with van der Waals surface area (Å²) in [5.41, 5.74) is 23.9. The molecule has 2 aliphatic heterocycles. The molecule has 0 aromatic heterocycles. The van der Waals surface area contributed by atoms with E-state index in [0.717, 1.165) is 0 Å². The molecule has 2 fully saturated rings. The maximum Gasteiger partial charge on any atom is 0.215 e. The molecule has 1 saturated heterocycles. The van der Waals surface area contributed by atoms with Gasteiger partial charge in [-0.15, -0.1) is 0 Å². The van der Waals surface area contributed by atoms with Crippen molar-refractivity contribution in [2.45, 2.75) is 80.2 Å². The molecule has 12 N–H and O–H groups in total. The molecule has 12 heteroatoms. The lowest BCUT2D eigenvalue weighted by Crippen LogP contribution is -2.65. The van der Waals surface area contributed by atoms with Crippen molar-refractivity contribution in [3.8, 4) is 0 Å². The van der Waals surface area contributed by atoms with Crippen molar-refractivity contribution in [3.63, 3.8) is 0 Å². The first kappa shape index (κ1) is 22.8. The van der Waals surface area contributed by atoms with Crippen LogP contribution in [0.3, 0.4) is 0 Å². The summed E-state index contributed by atoms with van der Waals surface area (Å²) in [5.74, 6) is 0.527. The molecule has 0 aromatic rings. The van der Waals surface area contributed by atoms with E-state index in [9.17, 15) is 20.4 Å². The predicted octanol–water partition coefficient (Wildman–Crippen LogP) is -4.47. The number of hydrogen-bond donors (Lipinski definition) is 8. The van der Waals surface area contributed by atoms with Crippen molar-refractivity contribution in [3.05, 3.63) is 11.8 Å². The summed E-state index contributed by atoms with van der Waals surface area (Å²) in [6.45, 7) is -0.331. The standard InChI is InChI=1S/C17H32N4O8/c18-4-6-1-2-7(19)16(26-6)28-14-9(21)3-8(20)11(23)15(14)29-17-13(25)12(24)10(5-22)27-17/h1,7-17,22-25H,2-5,18-21H2/t7-,8-,9+,10-,11+,12-,13-,14-,15-,16-,17+/m1/s1. The summed E-state index contributed by atoms with van der Waals surface area (Å²) in [6, 6.07) is -1.81.